The summed E-state index contributed by atoms with van der Waals surface area (Å²) < 4.78 is 1.10. The third-order valence-corrected chi connectivity index (χ3v) is 4.56. The molecule has 114 valence electrons. The summed E-state index contributed by atoms with van der Waals surface area (Å²) in [5.41, 5.74) is 4.44. The summed E-state index contributed by atoms with van der Waals surface area (Å²) in [5, 5.41) is 4.59. The number of benzene rings is 3. The van der Waals surface area contributed by atoms with Crippen molar-refractivity contribution in [1.82, 2.24) is 4.98 Å². The fourth-order valence-corrected chi connectivity index (χ4v) is 3.18. The summed E-state index contributed by atoms with van der Waals surface area (Å²) in [6, 6.07) is 24.9. The van der Waals surface area contributed by atoms with Crippen molar-refractivity contribution < 1.29 is 17.7 Å². The van der Waals surface area contributed by atoms with Gasteiger partial charge in [-0.2, -0.15) is 0 Å². The minimum atomic E-state index is 0. The maximum absolute atomic E-state index is 4.77. The molecule has 0 bridgehead atoms. The highest BCUT2D eigenvalue weighted by atomic mass is 79.9. The van der Waals surface area contributed by atoms with Crippen LogP contribution >= 0.6 is 15.9 Å². The molecule has 4 heteroatoms. The maximum atomic E-state index is 4.77. The molecule has 0 amide bonds. The molecule has 0 aliphatic heterocycles. The van der Waals surface area contributed by atoms with Crippen LogP contribution in [0.25, 0.3) is 21.8 Å². The minimum absolute atomic E-state index is 0. The third kappa shape index (κ3) is 2.95. The van der Waals surface area contributed by atoms with E-state index >= 15 is 0 Å². The first-order valence-electron chi connectivity index (χ1n) is 7.20. The standard InChI is InChI=1S/C19H13BrN2.ClH/c20-15-9-3-6-12-18(15)22-19-13-7-1-4-10-16(13)21-17-11-5-2-8-14(17)19;/h1-12H,(H,21,22);1H. The van der Waals surface area contributed by atoms with Crippen molar-refractivity contribution in [2.45, 2.75) is 0 Å². The Labute approximate surface area is 149 Å². The molecule has 0 atom stereocenters. The molecule has 0 unspecified atom stereocenters. The zero-order valence-electron chi connectivity index (χ0n) is 12.2. The molecule has 0 spiro atoms. The minimum Gasteiger partial charge on any atom is -1.00 e. The number of nitrogens with two attached hydrogens (primary N) is 1. The Hall–Kier alpha value is -1.94. The van der Waals surface area contributed by atoms with Crippen LogP contribution in [0.15, 0.2) is 77.3 Å². The molecule has 4 rings (SSSR count). The number of nitrogens with zero attached hydrogens (tertiary/aromatic N) is 1. The SMILES string of the molecule is Brc1ccccc1[NH2+]c1c2ccccc2nc2ccccc12.[Cl-]. The molecule has 0 radical (unpaired) electrons. The molecule has 0 fully saturated rings. The van der Waals surface area contributed by atoms with E-state index in [1.165, 1.54) is 22.1 Å². The predicted octanol–water partition coefficient (Wildman–Crippen LogP) is 1.68. The Morgan fingerprint density at radius 1 is 0.696 bits per heavy atom. The van der Waals surface area contributed by atoms with Crippen LogP contribution in [0.1, 0.15) is 0 Å². The monoisotopic (exact) mass is 384 g/mol. The van der Waals surface area contributed by atoms with E-state index in [2.05, 4.69) is 75.8 Å². The number of hydrogen-bond donors (Lipinski definition) is 1. The fourth-order valence-electron chi connectivity index (χ4n) is 2.78. The predicted molar refractivity (Wildman–Crippen MR) is 94.6 cm³/mol. The van der Waals surface area contributed by atoms with Crippen LogP contribution in [-0.4, -0.2) is 4.98 Å². The van der Waals surface area contributed by atoms with Crippen molar-refractivity contribution in [3.05, 3.63) is 77.3 Å². The lowest BCUT2D eigenvalue weighted by atomic mass is 10.1. The largest absolute Gasteiger partial charge is 1.00 e. The van der Waals surface area contributed by atoms with Crippen LogP contribution in [0.4, 0.5) is 11.4 Å². The lowest BCUT2D eigenvalue weighted by Gasteiger charge is -2.09. The van der Waals surface area contributed by atoms with E-state index in [1.807, 2.05) is 18.2 Å². The Morgan fingerprint density at radius 3 is 1.83 bits per heavy atom. The smallest absolute Gasteiger partial charge is 0.153 e. The molecule has 0 aliphatic rings. The van der Waals surface area contributed by atoms with E-state index in [9.17, 15) is 0 Å². The summed E-state index contributed by atoms with van der Waals surface area (Å²) in [6.07, 6.45) is 0. The number of para-hydroxylation sites is 3. The summed E-state index contributed by atoms with van der Waals surface area (Å²) in [6.45, 7) is 0. The topological polar surface area (TPSA) is 29.5 Å². The highest BCUT2D eigenvalue weighted by Crippen LogP contribution is 2.28. The van der Waals surface area contributed by atoms with Gasteiger partial charge < -0.3 is 12.4 Å². The molecule has 23 heavy (non-hydrogen) atoms. The second kappa shape index (κ2) is 6.67. The molecule has 0 saturated carbocycles. The normalized spacial score (nSPS) is 10.7. The molecule has 1 heterocycles. The van der Waals surface area contributed by atoms with Crippen molar-refractivity contribution in [3.8, 4) is 0 Å². The average Bonchev–Trinajstić information content (AvgIpc) is 2.56. The van der Waals surface area contributed by atoms with Crippen LogP contribution in [0.5, 0.6) is 0 Å². The van der Waals surface area contributed by atoms with E-state index in [0.29, 0.717) is 0 Å². The van der Waals surface area contributed by atoms with Crippen molar-refractivity contribution >= 4 is 49.1 Å². The van der Waals surface area contributed by atoms with Gasteiger partial charge in [0.1, 0.15) is 5.69 Å². The van der Waals surface area contributed by atoms with Crippen molar-refractivity contribution in [2.75, 3.05) is 0 Å². The molecule has 3 aromatic carbocycles. The third-order valence-electron chi connectivity index (χ3n) is 3.83. The van der Waals surface area contributed by atoms with Crippen LogP contribution in [0.3, 0.4) is 0 Å². The zero-order chi connectivity index (χ0) is 14.9. The highest BCUT2D eigenvalue weighted by molar-refractivity contribution is 9.10. The molecule has 0 saturated heterocycles. The second-order valence-corrected chi connectivity index (χ2v) is 6.08. The van der Waals surface area contributed by atoms with Gasteiger partial charge in [0.05, 0.1) is 26.3 Å². The van der Waals surface area contributed by atoms with Gasteiger partial charge in [-0.3, -0.25) is 5.32 Å². The van der Waals surface area contributed by atoms with Gasteiger partial charge in [-0.1, -0.05) is 36.4 Å². The number of fused-ring (bicyclic) bond motifs is 2. The van der Waals surface area contributed by atoms with E-state index in [0.717, 1.165) is 15.5 Å². The highest BCUT2D eigenvalue weighted by Gasteiger charge is 2.14. The van der Waals surface area contributed by atoms with Gasteiger partial charge in [0.15, 0.2) is 5.69 Å². The Kier molecular flexibility index (Phi) is 4.62. The van der Waals surface area contributed by atoms with E-state index < -0.39 is 0 Å². The van der Waals surface area contributed by atoms with Gasteiger partial charge in [0.25, 0.3) is 0 Å². The maximum Gasteiger partial charge on any atom is 0.153 e. The van der Waals surface area contributed by atoms with Crippen LogP contribution in [0.2, 0.25) is 0 Å². The van der Waals surface area contributed by atoms with Crippen molar-refractivity contribution in [1.29, 1.82) is 0 Å². The second-order valence-electron chi connectivity index (χ2n) is 5.23. The van der Waals surface area contributed by atoms with Crippen molar-refractivity contribution in [2.24, 2.45) is 0 Å². The summed E-state index contributed by atoms with van der Waals surface area (Å²) in [5.74, 6) is 0. The van der Waals surface area contributed by atoms with Crippen LogP contribution in [-0.2, 0) is 0 Å². The van der Waals surface area contributed by atoms with Crippen LogP contribution in [0, 0.1) is 0 Å². The average molecular weight is 386 g/mol. The lowest BCUT2D eigenvalue weighted by Crippen LogP contribution is -3.00. The number of rotatable bonds is 2. The Morgan fingerprint density at radius 2 is 1.22 bits per heavy atom. The Balaban J connectivity index is 0.00000156. The quantitative estimate of drug-likeness (QED) is 0.413. The summed E-state index contributed by atoms with van der Waals surface area (Å²) >= 11 is 3.63. The van der Waals surface area contributed by atoms with Gasteiger partial charge in [-0.15, -0.1) is 0 Å². The number of aromatic nitrogens is 1. The molecule has 2 nitrogen and oxygen atoms in total. The number of quaternary nitrogens is 1. The molecular formula is C19H14BrClN2. The number of hydrogen-bond acceptors (Lipinski definition) is 1. The molecule has 0 aliphatic carbocycles. The number of pyridine rings is 1. The van der Waals surface area contributed by atoms with E-state index in [4.69, 9.17) is 4.98 Å². The first-order valence-corrected chi connectivity index (χ1v) is 7.99. The summed E-state index contributed by atoms with van der Waals surface area (Å²) in [4.78, 5) is 4.77. The van der Waals surface area contributed by atoms with Crippen molar-refractivity contribution in [3.63, 3.8) is 0 Å². The first kappa shape index (κ1) is 15.9. The Bertz CT molecular complexity index is 931. The van der Waals surface area contributed by atoms with Crippen LogP contribution < -0.4 is 17.7 Å². The first-order chi connectivity index (χ1) is 10.8. The van der Waals surface area contributed by atoms with Gasteiger partial charge in [0, 0.05) is 6.07 Å². The van der Waals surface area contributed by atoms with E-state index in [-0.39, 0.29) is 12.4 Å². The van der Waals surface area contributed by atoms with Gasteiger partial charge in [-0.05, 0) is 46.3 Å². The van der Waals surface area contributed by atoms with Gasteiger partial charge >= 0.3 is 0 Å². The fraction of sp³-hybridized carbons (Fsp3) is 0. The van der Waals surface area contributed by atoms with Gasteiger partial charge in [0.2, 0.25) is 0 Å². The molecule has 1 aromatic heterocycles. The van der Waals surface area contributed by atoms with E-state index in [1.54, 1.807) is 0 Å². The van der Waals surface area contributed by atoms with Gasteiger partial charge in [-0.25, -0.2) is 4.98 Å². The molecular weight excluding hydrogens is 372 g/mol. The molecule has 2 N–H and O–H groups in total. The zero-order valence-corrected chi connectivity index (χ0v) is 14.6. The number of halogens is 2. The lowest BCUT2D eigenvalue weighted by molar-refractivity contribution is -0.476. The molecule has 4 aromatic rings. The summed E-state index contributed by atoms with van der Waals surface area (Å²) in [7, 11) is 0.